The molecule has 0 fully saturated rings. The van der Waals surface area contributed by atoms with Crippen molar-refractivity contribution in [3.8, 4) is 0 Å². The highest BCUT2D eigenvalue weighted by molar-refractivity contribution is 6.01. The van der Waals surface area contributed by atoms with Crippen LogP contribution in [-0.4, -0.2) is 41.9 Å². The van der Waals surface area contributed by atoms with Gasteiger partial charge in [-0.15, -0.1) is 0 Å². The molecule has 1 N–H and O–H groups in total. The fourth-order valence-corrected chi connectivity index (χ4v) is 3.86. The number of nitrogens with zero attached hydrogens (tertiary/aromatic N) is 2. The molecule has 0 unspecified atom stereocenters. The summed E-state index contributed by atoms with van der Waals surface area (Å²) in [6, 6.07) is 7.74. The Morgan fingerprint density at radius 1 is 1.11 bits per heavy atom. The van der Waals surface area contributed by atoms with Crippen molar-refractivity contribution >= 4 is 11.9 Å². The van der Waals surface area contributed by atoms with E-state index in [0.29, 0.717) is 12.5 Å². The Kier molecular flexibility index (Phi) is 5.88. The second-order valence-electron chi connectivity index (χ2n) is 7.91. The zero-order chi connectivity index (χ0) is 19.6. The molecule has 2 aliphatic rings. The maximum atomic E-state index is 13.1. The summed E-state index contributed by atoms with van der Waals surface area (Å²) in [5.41, 5.74) is 3.79. The number of carbonyl (C=O) groups excluding carboxylic acids is 2. The molecule has 3 rings (SSSR count). The Morgan fingerprint density at radius 2 is 1.81 bits per heavy atom. The van der Waals surface area contributed by atoms with Crippen LogP contribution in [0.5, 0.6) is 0 Å². The molecule has 0 saturated carbocycles. The van der Waals surface area contributed by atoms with E-state index in [2.05, 4.69) is 38.2 Å². The number of hydrogen-bond acceptors (Lipinski definition) is 2. The first kappa shape index (κ1) is 19.5. The summed E-state index contributed by atoms with van der Waals surface area (Å²) < 4.78 is 0. The van der Waals surface area contributed by atoms with E-state index in [1.54, 1.807) is 11.9 Å². The van der Waals surface area contributed by atoms with Crippen LogP contribution in [0, 0.1) is 0 Å². The fraction of sp³-hybridized carbons (Fsp3) is 0.545. The first-order valence-electron chi connectivity index (χ1n) is 10.1. The Morgan fingerprint density at radius 3 is 2.44 bits per heavy atom. The third-order valence-electron chi connectivity index (χ3n) is 5.65. The van der Waals surface area contributed by atoms with Crippen molar-refractivity contribution in [1.29, 1.82) is 0 Å². The third-order valence-corrected chi connectivity index (χ3v) is 5.65. The minimum atomic E-state index is -0.363. The molecular formula is C22H31N3O2. The number of likely N-dealkylation sites (N-methyl/N-ethyl adjacent to an activating group) is 1. The largest absolute Gasteiger partial charge is 0.333 e. The van der Waals surface area contributed by atoms with E-state index in [9.17, 15) is 9.59 Å². The van der Waals surface area contributed by atoms with Crippen LogP contribution in [0.15, 0.2) is 35.5 Å². The molecule has 0 radical (unpaired) electrons. The highest BCUT2D eigenvalue weighted by Crippen LogP contribution is 2.36. The van der Waals surface area contributed by atoms with Gasteiger partial charge in [0.25, 0.3) is 5.91 Å². The Balaban J connectivity index is 1.83. The molecule has 0 bridgehead atoms. The molecule has 5 heteroatoms. The van der Waals surface area contributed by atoms with Crippen molar-refractivity contribution in [3.63, 3.8) is 0 Å². The Hall–Kier alpha value is -2.30. The Bertz CT molecular complexity index is 736. The van der Waals surface area contributed by atoms with E-state index in [1.807, 2.05) is 17.0 Å². The van der Waals surface area contributed by atoms with E-state index in [-0.39, 0.29) is 18.0 Å². The van der Waals surface area contributed by atoms with Crippen molar-refractivity contribution in [2.24, 2.45) is 0 Å². The molecular weight excluding hydrogens is 338 g/mol. The van der Waals surface area contributed by atoms with Gasteiger partial charge in [-0.3, -0.25) is 9.69 Å². The molecule has 2 aliphatic heterocycles. The number of benzene rings is 1. The van der Waals surface area contributed by atoms with Gasteiger partial charge in [-0.05, 0) is 23.5 Å². The molecule has 0 aliphatic carbocycles. The first-order valence-corrected chi connectivity index (χ1v) is 10.1. The number of urea groups is 1. The lowest BCUT2D eigenvalue weighted by Crippen LogP contribution is -2.45. The monoisotopic (exact) mass is 369 g/mol. The average molecular weight is 370 g/mol. The molecule has 5 nitrogen and oxygen atoms in total. The highest BCUT2D eigenvalue weighted by Gasteiger charge is 2.42. The molecule has 1 atom stereocenters. The predicted molar refractivity (Wildman–Crippen MR) is 107 cm³/mol. The van der Waals surface area contributed by atoms with Crippen molar-refractivity contribution in [2.45, 2.75) is 58.4 Å². The van der Waals surface area contributed by atoms with Crippen molar-refractivity contribution < 1.29 is 9.59 Å². The van der Waals surface area contributed by atoms with Gasteiger partial charge in [0, 0.05) is 13.6 Å². The summed E-state index contributed by atoms with van der Waals surface area (Å²) in [6.45, 7) is 7.79. The molecule has 146 valence electrons. The van der Waals surface area contributed by atoms with Crippen LogP contribution in [0.4, 0.5) is 4.79 Å². The smallest absolute Gasteiger partial charge is 0.322 e. The van der Waals surface area contributed by atoms with Gasteiger partial charge in [0.05, 0.1) is 23.9 Å². The third kappa shape index (κ3) is 3.87. The van der Waals surface area contributed by atoms with Gasteiger partial charge in [-0.25, -0.2) is 4.79 Å². The van der Waals surface area contributed by atoms with Gasteiger partial charge >= 0.3 is 6.03 Å². The highest BCUT2D eigenvalue weighted by atomic mass is 16.2. The number of unbranched alkanes of at least 4 members (excludes halogenated alkanes) is 3. The summed E-state index contributed by atoms with van der Waals surface area (Å²) in [4.78, 5) is 29.1. The number of rotatable bonds is 7. The van der Waals surface area contributed by atoms with Crippen LogP contribution in [0.25, 0.3) is 0 Å². The minimum absolute atomic E-state index is 0.0614. The lowest BCUT2D eigenvalue weighted by molar-refractivity contribution is -0.125. The van der Waals surface area contributed by atoms with Gasteiger partial charge in [0.1, 0.15) is 0 Å². The van der Waals surface area contributed by atoms with Crippen LogP contribution in [0.3, 0.4) is 0 Å². The molecule has 1 aromatic rings. The van der Waals surface area contributed by atoms with Gasteiger partial charge in [-0.2, -0.15) is 0 Å². The van der Waals surface area contributed by atoms with Gasteiger partial charge in [0.15, 0.2) is 0 Å². The topological polar surface area (TPSA) is 52.7 Å². The van der Waals surface area contributed by atoms with E-state index >= 15 is 0 Å². The molecule has 1 aromatic carbocycles. The SMILES string of the molecule is CCCCCCN1CC2=C(C1=O)[C@H](c1ccc(C(C)C)cc1)NC(=O)N2C. The predicted octanol–water partition coefficient (Wildman–Crippen LogP) is 4.18. The van der Waals surface area contributed by atoms with Gasteiger partial charge in [-0.1, -0.05) is 64.3 Å². The van der Waals surface area contributed by atoms with Crippen molar-refractivity contribution in [1.82, 2.24) is 15.1 Å². The van der Waals surface area contributed by atoms with E-state index in [0.717, 1.165) is 36.2 Å². The van der Waals surface area contributed by atoms with Crippen LogP contribution < -0.4 is 5.32 Å². The fourth-order valence-electron chi connectivity index (χ4n) is 3.86. The van der Waals surface area contributed by atoms with Crippen molar-refractivity contribution in [2.75, 3.05) is 20.1 Å². The quantitative estimate of drug-likeness (QED) is 0.733. The summed E-state index contributed by atoms with van der Waals surface area (Å²) in [7, 11) is 1.75. The van der Waals surface area contributed by atoms with Crippen LogP contribution in [-0.2, 0) is 4.79 Å². The minimum Gasteiger partial charge on any atom is -0.333 e. The van der Waals surface area contributed by atoms with Crippen LogP contribution in [0.1, 0.15) is 69.5 Å². The van der Waals surface area contributed by atoms with Crippen molar-refractivity contribution in [3.05, 3.63) is 46.7 Å². The summed E-state index contributed by atoms with van der Waals surface area (Å²) >= 11 is 0. The van der Waals surface area contributed by atoms with Crippen LogP contribution in [0.2, 0.25) is 0 Å². The molecule has 0 aromatic heterocycles. The maximum absolute atomic E-state index is 13.1. The van der Waals surface area contributed by atoms with E-state index in [4.69, 9.17) is 0 Å². The zero-order valence-corrected chi connectivity index (χ0v) is 16.9. The molecule has 3 amide bonds. The second-order valence-corrected chi connectivity index (χ2v) is 7.91. The number of hydrogen-bond donors (Lipinski definition) is 1. The summed E-state index contributed by atoms with van der Waals surface area (Å²) in [5, 5.41) is 3.01. The average Bonchev–Trinajstić information content (AvgIpc) is 2.99. The number of nitrogens with one attached hydrogen (secondary N) is 1. The number of carbonyl (C=O) groups is 2. The molecule has 0 spiro atoms. The second kappa shape index (κ2) is 8.15. The van der Waals surface area contributed by atoms with Gasteiger partial charge in [0.2, 0.25) is 0 Å². The lowest BCUT2D eigenvalue weighted by Gasteiger charge is -2.31. The van der Waals surface area contributed by atoms with E-state index < -0.39 is 0 Å². The normalized spacial score (nSPS) is 19.8. The van der Waals surface area contributed by atoms with Gasteiger partial charge < -0.3 is 10.2 Å². The Labute approximate surface area is 162 Å². The standard InChI is InChI=1S/C22H31N3O2/c1-5-6-7-8-13-25-14-18-19(21(25)26)20(23-22(27)24(18)4)17-11-9-16(10-12-17)15(2)3/h9-12,15,20H,5-8,13-14H2,1-4H3,(H,23,27)/t20-/m0/s1. The molecule has 27 heavy (non-hydrogen) atoms. The van der Waals surface area contributed by atoms with Crippen LogP contribution >= 0.6 is 0 Å². The summed E-state index contributed by atoms with van der Waals surface area (Å²) in [6.07, 6.45) is 4.52. The molecule has 2 heterocycles. The lowest BCUT2D eigenvalue weighted by atomic mass is 9.93. The molecule has 0 saturated heterocycles. The summed E-state index contributed by atoms with van der Waals surface area (Å²) in [5.74, 6) is 0.513. The first-order chi connectivity index (χ1) is 12.9. The number of amides is 3. The zero-order valence-electron chi connectivity index (χ0n) is 16.9. The van der Waals surface area contributed by atoms with E-state index in [1.165, 1.54) is 18.4 Å². The maximum Gasteiger partial charge on any atom is 0.322 e.